The van der Waals surface area contributed by atoms with Crippen molar-refractivity contribution in [3.05, 3.63) is 88.7 Å². The van der Waals surface area contributed by atoms with Crippen molar-refractivity contribution in [3.63, 3.8) is 0 Å². The maximum absolute atomic E-state index is 13.6. The van der Waals surface area contributed by atoms with E-state index in [9.17, 15) is 14.9 Å². The predicted molar refractivity (Wildman–Crippen MR) is 129 cm³/mol. The number of carbonyl (C=O) groups is 2. The summed E-state index contributed by atoms with van der Waals surface area (Å²) < 4.78 is 5.53. The molecule has 7 nitrogen and oxygen atoms in total. The number of hydrogen-bond acceptors (Lipinski definition) is 5. The largest absolute Gasteiger partial charge is 0.444 e. The SMILES string of the molecule is Cc1oc(NC(=O)CN2CCN(C(=O)C(c3ccccc3)c3ccccc3)CC2)c(C#N)c1C. The Hall–Kier alpha value is -3.89. The van der Waals surface area contributed by atoms with Crippen LogP contribution in [0.4, 0.5) is 5.88 Å². The highest BCUT2D eigenvalue weighted by atomic mass is 16.4. The summed E-state index contributed by atoms with van der Waals surface area (Å²) in [7, 11) is 0. The van der Waals surface area contributed by atoms with E-state index in [1.165, 1.54) is 0 Å². The highest BCUT2D eigenvalue weighted by Gasteiger charge is 2.30. The van der Waals surface area contributed by atoms with E-state index in [2.05, 4.69) is 11.4 Å². The molecule has 2 aromatic carbocycles. The molecule has 0 bridgehead atoms. The first-order valence-electron chi connectivity index (χ1n) is 11.4. The van der Waals surface area contributed by atoms with E-state index < -0.39 is 0 Å². The van der Waals surface area contributed by atoms with Gasteiger partial charge < -0.3 is 9.32 Å². The van der Waals surface area contributed by atoms with Gasteiger partial charge in [0.2, 0.25) is 17.7 Å². The monoisotopic (exact) mass is 456 g/mol. The Morgan fingerprint density at radius 2 is 1.53 bits per heavy atom. The van der Waals surface area contributed by atoms with E-state index >= 15 is 0 Å². The zero-order chi connectivity index (χ0) is 24.1. The zero-order valence-electron chi connectivity index (χ0n) is 19.5. The molecule has 2 heterocycles. The summed E-state index contributed by atoms with van der Waals surface area (Å²) in [4.78, 5) is 30.0. The molecule has 34 heavy (non-hydrogen) atoms. The molecule has 1 aliphatic heterocycles. The molecule has 1 fully saturated rings. The van der Waals surface area contributed by atoms with Gasteiger partial charge in [-0.3, -0.25) is 19.8 Å². The van der Waals surface area contributed by atoms with E-state index in [-0.39, 0.29) is 30.2 Å². The quantitative estimate of drug-likeness (QED) is 0.611. The number of hydrogen-bond donors (Lipinski definition) is 1. The van der Waals surface area contributed by atoms with Crippen LogP contribution in [0.1, 0.15) is 33.9 Å². The summed E-state index contributed by atoms with van der Waals surface area (Å²) in [6.45, 7) is 6.01. The lowest BCUT2D eigenvalue weighted by molar-refractivity contribution is -0.133. The Balaban J connectivity index is 1.38. The van der Waals surface area contributed by atoms with Crippen LogP contribution in [-0.2, 0) is 9.59 Å². The Bertz CT molecular complexity index is 1150. The highest BCUT2D eigenvalue weighted by Crippen LogP contribution is 2.28. The number of anilines is 1. The summed E-state index contributed by atoms with van der Waals surface area (Å²) in [6.07, 6.45) is 0. The molecular weight excluding hydrogens is 428 g/mol. The van der Waals surface area contributed by atoms with E-state index in [4.69, 9.17) is 4.42 Å². The van der Waals surface area contributed by atoms with Crippen LogP contribution in [0.3, 0.4) is 0 Å². The summed E-state index contributed by atoms with van der Waals surface area (Å²) in [5.74, 6) is 0.292. The minimum Gasteiger partial charge on any atom is -0.444 e. The first-order chi connectivity index (χ1) is 16.5. The summed E-state index contributed by atoms with van der Waals surface area (Å²) in [5, 5.41) is 12.0. The van der Waals surface area contributed by atoms with E-state index in [1.54, 1.807) is 13.8 Å². The van der Waals surface area contributed by atoms with Gasteiger partial charge in [-0.05, 0) is 25.0 Å². The second-order valence-electron chi connectivity index (χ2n) is 8.50. The third-order valence-electron chi connectivity index (χ3n) is 6.31. The normalized spacial score (nSPS) is 14.1. The summed E-state index contributed by atoms with van der Waals surface area (Å²) >= 11 is 0. The highest BCUT2D eigenvalue weighted by molar-refractivity contribution is 5.92. The molecule has 1 aromatic heterocycles. The predicted octanol–water partition coefficient (Wildman–Crippen LogP) is 3.68. The molecule has 0 radical (unpaired) electrons. The first kappa shape index (κ1) is 23.3. The number of nitrogens with zero attached hydrogens (tertiary/aromatic N) is 3. The van der Waals surface area contributed by atoms with Crippen LogP contribution in [-0.4, -0.2) is 54.3 Å². The lowest BCUT2D eigenvalue weighted by Crippen LogP contribution is -2.51. The van der Waals surface area contributed by atoms with Crippen LogP contribution in [0.25, 0.3) is 0 Å². The van der Waals surface area contributed by atoms with E-state index in [0.717, 1.165) is 16.7 Å². The van der Waals surface area contributed by atoms with Crippen molar-refractivity contribution in [2.45, 2.75) is 19.8 Å². The Morgan fingerprint density at radius 3 is 2.06 bits per heavy atom. The van der Waals surface area contributed by atoms with Gasteiger partial charge in [-0.1, -0.05) is 60.7 Å². The van der Waals surface area contributed by atoms with Gasteiger partial charge in [0.25, 0.3) is 0 Å². The van der Waals surface area contributed by atoms with Crippen molar-refractivity contribution in [2.24, 2.45) is 0 Å². The molecule has 1 aliphatic rings. The zero-order valence-corrected chi connectivity index (χ0v) is 19.5. The minimum absolute atomic E-state index is 0.0710. The third-order valence-corrected chi connectivity index (χ3v) is 6.31. The van der Waals surface area contributed by atoms with Crippen LogP contribution in [0, 0.1) is 25.2 Å². The second-order valence-corrected chi connectivity index (χ2v) is 8.50. The molecule has 7 heteroatoms. The van der Waals surface area contributed by atoms with Crippen LogP contribution in [0.15, 0.2) is 65.1 Å². The Labute approximate surface area is 199 Å². The van der Waals surface area contributed by atoms with Crippen LogP contribution < -0.4 is 5.32 Å². The number of carbonyl (C=O) groups excluding carboxylic acids is 2. The van der Waals surface area contributed by atoms with Crippen LogP contribution in [0.5, 0.6) is 0 Å². The summed E-state index contributed by atoms with van der Waals surface area (Å²) in [6, 6.07) is 21.8. The molecule has 0 aliphatic carbocycles. The average molecular weight is 457 g/mol. The third kappa shape index (κ3) is 5.03. The number of rotatable bonds is 6. The number of aryl methyl sites for hydroxylation is 1. The molecule has 1 N–H and O–H groups in total. The van der Waals surface area contributed by atoms with Gasteiger partial charge in [0.1, 0.15) is 17.4 Å². The number of nitriles is 1. The molecule has 0 spiro atoms. The number of amides is 2. The Morgan fingerprint density at radius 1 is 0.971 bits per heavy atom. The molecule has 0 atom stereocenters. The lowest BCUT2D eigenvalue weighted by Gasteiger charge is -2.36. The average Bonchev–Trinajstić information content (AvgIpc) is 3.12. The van der Waals surface area contributed by atoms with Crippen molar-refractivity contribution in [1.29, 1.82) is 5.26 Å². The molecule has 3 aromatic rings. The van der Waals surface area contributed by atoms with Gasteiger partial charge >= 0.3 is 0 Å². The van der Waals surface area contributed by atoms with Crippen molar-refractivity contribution >= 4 is 17.7 Å². The van der Waals surface area contributed by atoms with Crippen molar-refractivity contribution in [2.75, 3.05) is 38.0 Å². The number of furan rings is 1. The topological polar surface area (TPSA) is 89.6 Å². The van der Waals surface area contributed by atoms with Crippen molar-refractivity contribution < 1.29 is 14.0 Å². The number of piperazine rings is 1. The fourth-order valence-electron chi connectivity index (χ4n) is 4.30. The van der Waals surface area contributed by atoms with Gasteiger partial charge in [-0.2, -0.15) is 5.26 Å². The molecule has 0 unspecified atom stereocenters. The maximum Gasteiger partial charge on any atom is 0.240 e. The number of nitrogens with one attached hydrogen (secondary N) is 1. The maximum atomic E-state index is 13.6. The smallest absolute Gasteiger partial charge is 0.240 e. The number of benzene rings is 2. The van der Waals surface area contributed by atoms with Gasteiger partial charge in [0.15, 0.2) is 0 Å². The summed E-state index contributed by atoms with van der Waals surface area (Å²) in [5.41, 5.74) is 3.03. The van der Waals surface area contributed by atoms with Gasteiger partial charge in [0, 0.05) is 31.7 Å². The first-order valence-corrected chi connectivity index (χ1v) is 11.4. The molecule has 2 amide bonds. The molecular formula is C27H28N4O3. The second kappa shape index (κ2) is 10.4. The van der Waals surface area contributed by atoms with Gasteiger partial charge in [-0.15, -0.1) is 0 Å². The standard InChI is InChI=1S/C27H28N4O3/c1-19-20(2)34-26(23(19)17-28)29-24(32)18-30-13-15-31(16-14-30)27(33)25(21-9-5-3-6-10-21)22-11-7-4-8-12-22/h3-12,25H,13-16,18H2,1-2H3,(H,29,32). The molecule has 1 saturated heterocycles. The van der Waals surface area contributed by atoms with Gasteiger partial charge in [0.05, 0.1) is 12.5 Å². The minimum atomic E-state index is -0.355. The fourth-order valence-corrected chi connectivity index (χ4v) is 4.30. The van der Waals surface area contributed by atoms with E-state index in [1.807, 2.05) is 70.5 Å². The van der Waals surface area contributed by atoms with Crippen molar-refractivity contribution in [3.8, 4) is 6.07 Å². The van der Waals surface area contributed by atoms with Gasteiger partial charge in [-0.25, -0.2) is 0 Å². The van der Waals surface area contributed by atoms with Crippen LogP contribution >= 0.6 is 0 Å². The lowest BCUT2D eigenvalue weighted by atomic mass is 9.90. The Kier molecular flexibility index (Phi) is 7.09. The van der Waals surface area contributed by atoms with Crippen LogP contribution in [0.2, 0.25) is 0 Å². The molecule has 0 saturated carbocycles. The molecule has 4 rings (SSSR count). The van der Waals surface area contributed by atoms with Crippen molar-refractivity contribution in [1.82, 2.24) is 9.80 Å². The fraction of sp³-hybridized carbons (Fsp3) is 0.296. The molecule has 174 valence electrons. The van der Waals surface area contributed by atoms with E-state index in [0.29, 0.717) is 37.5 Å².